The van der Waals surface area contributed by atoms with Gasteiger partial charge in [0.1, 0.15) is 0 Å². The van der Waals surface area contributed by atoms with E-state index in [0.717, 1.165) is 11.3 Å². The van der Waals surface area contributed by atoms with E-state index < -0.39 is 9.84 Å². The van der Waals surface area contributed by atoms with Gasteiger partial charge in [-0.15, -0.1) is 10.2 Å². The highest BCUT2D eigenvalue weighted by Crippen LogP contribution is 2.20. The van der Waals surface area contributed by atoms with Gasteiger partial charge in [-0.2, -0.15) is 0 Å². The van der Waals surface area contributed by atoms with Gasteiger partial charge in [0.05, 0.1) is 4.90 Å². The summed E-state index contributed by atoms with van der Waals surface area (Å²) in [6.45, 7) is 0. The lowest BCUT2D eigenvalue weighted by atomic mass is 10.4. The molecule has 0 fully saturated rings. The number of rotatable bonds is 2. The van der Waals surface area contributed by atoms with Gasteiger partial charge in [0.2, 0.25) is 14.2 Å². The Hall–Kier alpha value is -1.27. The van der Waals surface area contributed by atoms with Crippen LogP contribution < -0.4 is 0 Å². The molecule has 0 saturated carbocycles. The molecule has 1 radical (unpaired) electrons. The molecule has 2 rings (SSSR count). The smallest absolute Gasteiger partial charge is 0.216 e. The van der Waals surface area contributed by atoms with Gasteiger partial charge in [0, 0.05) is 0 Å². The molecular formula is C8H5N2O2S2. The van der Waals surface area contributed by atoms with Gasteiger partial charge in [0.15, 0.2) is 5.51 Å². The maximum Gasteiger partial charge on any atom is 0.237 e. The first kappa shape index (κ1) is 9.29. The fourth-order valence-corrected chi connectivity index (χ4v) is 2.90. The van der Waals surface area contributed by atoms with E-state index in [4.69, 9.17) is 0 Å². The van der Waals surface area contributed by atoms with Gasteiger partial charge in [0.25, 0.3) is 0 Å². The fourth-order valence-electron chi connectivity index (χ4n) is 0.950. The molecule has 0 aliphatic heterocycles. The number of aromatic nitrogens is 2. The highest BCUT2D eigenvalue weighted by Gasteiger charge is 2.20. The van der Waals surface area contributed by atoms with Crippen molar-refractivity contribution in [1.29, 1.82) is 0 Å². The minimum absolute atomic E-state index is 0.0244. The van der Waals surface area contributed by atoms with Crippen LogP contribution in [0.5, 0.6) is 0 Å². The standard InChI is InChI=1S/C8H5N2O2S2/c11-14(12,8-10-9-6-13-8)7-4-2-1-3-5-7/h1-5H. The Bertz CT molecular complexity index is 506. The van der Waals surface area contributed by atoms with Gasteiger partial charge >= 0.3 is 0 Å². The summed E-state index contributed by atoms with van der Waals surface area (Å²) in [5.41, 5.74) is 2.41. The molecule has 4 nitrogen and oxygen atoms in total. The van der Waals surface area contributed by atoms with Gasteiger partial charge in [-0.25, -0.2) is 8.42 Å². The van der Waals surface area contributed by atoms with E-state index in [-0.39, 0.29) is 9.24 Å². The molecule has 0 N–H and O–H groups in total. The van der Waals surface area contributed by atoms with Crippen LogP contribution in [0.25, 0.3) is 0 Å². The summed E-state index contributed by atoms with van der Waals surface area (Å²) in [5, 5.41) is 6.87. The summed E-state index contributed by atoms with van der Waals surface area (Å²) < 4.78 is 23.5. The summed E-state index contributed by atoms with van der Waals surface area (Å²) in [5.74, 6) is 0. The predicted octanol–water partition coefficient (Wildman–Crippen LogP) is 1.17. The van der Waals surface area contributed by atoms with Crippen LogP contribution in [-0.4, -0.2) is 18.6 Å². The van der Waals surface area contributed by atoms with E-state index in [1.54, 1.807) is 18.2 Å². The van der Waals surface area contributed by atoms with Crippen molar-refractivity contribution in [1.82, 2.24) is 10.2 Å². The maximum atomic E-state index is 11.8. The third kappa shape index (κ3) is 1.53. The molecule has 0 bridgehead atoms. The van der Waals surface area contributed by atoms with Gasteiger partial charge in [-0.05, 0) is 12.1 Å². The Morgan fingerprint density at radius 1 is 1.21 bits per heavy atom. The maximum absolute atomic E-state index is 11.8. The highest BCUT2D eigenvalue weighted by molar-refractivity contribution is 7.93. The van der Waals surface area contributed by atoms with Crippen LogP contribution in [0.1, 0.15) is 0 Å². The summed E-state index contributed by atoms with van der Waals surface area (Å²) in [4.78, 5) is 0.227. The van der Waals surface area contributed by atoms with Crippen molar-refractivity contribution in [2.75, 3.05) is 0 Å². The van der Waals surface area contributed by atoms with E-state index in [2.05, 4.69) is 15.7 Å². The first-order valence-corrected chi connectivity index (χ1v) is 6.01. The van der Waals surface area contributed by atoms with Crippen LogP contribution in [0.15, 0.2) is 39.6 Å². The minimum Gasteiger partial charge on any atom is -0.216 e. The average molecular weight is 225 g/mol. The molecule has 1 heterocycles. The van der Waals surface area contributed by atoms with E-state index in [0.29, 0.717) is 0 Å². The van der Waals surface area contributed by atoms with E-state index in [9.17, 15) is 8.42 Å². The molecule has 1 aromatic carbocycles. The van der Waals surface area contributed by atoms with E-state index in [1.807, 2.05) is 0 Å². The second-order valence-electron chi connectivity index (χ2n) is 2.48. The number of hydrogen-bond donors (Lipinski definition) is 0. The molecule has 0 spiro atoms. The Morgan fingerprint density at radius 3 is 2.50 bits per heavy atom. The van der Waals surface area contributed by atoms with Gasteiger partial charge in [-0.1, -0.05) is 29.5 Å². The molecule has 1 aromatic heterocycles. The Kier molecular flexibility index (Phi) is 2.30. The third-order valence-corrected chi connectivity index (χ3v) is 4.36. The second kappa shape index (κ2) is 3.47. The molecule has 0 aliphatic rings. The molecule has 0 unspecified atom stereocenters. The number of hydrogen-bond acceptors (Lipinski definition) is 5. The van der Waals surface area contributed by atoms with Crippen LogP contribution in [-0.2, 0) is 9.84 Å². The molecule has 2 aromatic rings. The van der Waals surface area contributed by atoms with Crippen molar-refractivity contribution in [2.45, 2.75) is 9.24 Å². The number of sulfone groups is 1. The van der Waals surface area contributed by atoms with Crippen LogP contribution in [0.2, 0.25) is 0 Å². The lowest BCUT2D eigenvalue weighted by molar-refractivity contribution is 0.594. The van der Waals surface area contributed by atoms with Crippen molar-refractivity contribution in [2.24, 2.45) is 0 Å². The summed E-state index contributed by atoms with van der Waals surface area (Å²) >= 11 is 0.890. The van der Waals surface area contributed by atoms with Crippen molar-refractivity contribution < 1.29 is 8.42 Å². The van der Waals surface area contributed by atoms with Crippen molar-refractivity contribution in [3.05, 3.63) is 35.8 Å². The minimum atomic E-state index is -3.48. The molecule has 0 atom stereocenters. The molecule has 0 amide bonds. The number of benzene rings is 1. The fraction of sp³-hybridized carbons (Fsp3) is 0. The Balaban J connectivity index is 2.55. The van der Waals surface area contributed by atoms with E-state index >= 15 is 0 Å². The molecule has 14 heavy (non-hydrogen) atoms. The Morgan fingerprint density at radius 2 is 1.93 bits per heavy atom. The molecule has 0 aliphatic carbocycles. The molecule has 6 heteroatoms. The largest absolute Gasteiger partial charge is 0.237 e. The van der Waals surface area contributed by atoms with Crippen LogP contribution in [0.3, 0.4) is 0 Å². The van der Waals surface area contributed by atoms with Crippen LogP contribution >= 0.6 is 11.3 Å². The third-order valence-electron chi connectivity index (χ3n) is 1.59. The second-order valence-corrected chi connectivity index (χ2v) is 5.37. The Labute approximate surface area is 85.2 Å². The highest BCUT2D eigenvalue weighted by atomic mass is 32.2. The lowest BCUT2D eigenvalue weighted by Crippen LogP contribution is -2.00. The number of nitrogens with zero attached hydrogens (tertiary/aromatic N) is 2. The zero-order chi connectivity index (χ0) is 10.0. The predicted molar refractivity (Wildman–Crippen MR) is 50.6 cm³/mol. The van der Waals surface area contributed by atoms with Crippen molar-refractivity contribution >= 4 is 21.2 Å². The molecule has 0 saturated heterocycles. The van der Waals surface area contributed by atoms with Crippen molar-refractivity contribution in [3.63, 3.8) is 0 Å². The average Bonchev–Trinajstić information content (AvgIpc) is 2.72. The van der Waals surface area contributed by atoms with Gasteiger partial charge < -0.3 is 0 Å². The topological polar surface area (TPSA) is 59.9 Å². The zero-order valence-corrected chi connectivity index (χ0v) is 8.55. The van der Waals surface area contributed by atoms with Crippen LogP contribution in [0.4, 0.5) is 0 Å². The lowest BCUT2D eigenvalue weighted by Gasteiger charge is -1.97. The van der Waals surface area contributed by atoms with Crippen molar-refractivity contribution in [3.8, 4) is 0 Å². The summed E-state index contributed by atoms with van der Waals surface area (Å²) in [6.07, 6.45) is 0. The summed E-state index contributed by atoms with van der Waals surface area (Å²) in [6, 6.07) is 8.13. The summed E-state index contributed by atoms with van der Waals surface area (Å²) in [7, 11) is -3.48. The molecular weight excluding hydrogens is 220 g/mol. The quantitative estimate of drug-likeness (QED) is 0.769. The monoisotopic (exact) mass is 225 g/mol. The SMILES string of the molecule is O=S(=O)(c1ccccc1)c1nn[c]s1. The normalized spacial score (nSPS) is 11.4. The van der Waals surface area contributed by atoms with Gasteiger partial charge in [-0.3, -0.25) is 0 Å². The molecule has 71 valence electrons. The van der Waals surface area contributed by atoms with E-state index in [1.165, 1.54) is 12.1 Å². The first-order valence-electron chi connectivity index (χ1n) is 3.71. The van der Waals surface area contributed by atoms with Crippen LogP contribution in [0, 0.1) is 5.51 Å². The zero-order valence-electron chi connectivity index (χ0n) is 6.91. The first-order chi connectivity index (χ1) is 6.71.